The zero-order valence-corrected chi connectivity index (χ0v) is 11.9. The van der Waals surface area contributed by atoms with Crippen molar-refractivity contribution in [3.05, 3.63) is 11.1 Å². The second kappa shape index (κ2) is 5.02. The van der Waals surface area contributed by atoms with Crippen LogP contribution in [-0.4, -0.2) is 65.5 Å². The molecule has 3 heterocycles. The fourth-order valence-electron chi connectivity index (χ4n) is 2.67. The van der Waals surface area contributed by atoms with Gasteiger partial charge in [0.2, 0.25) is 5.91 Å². The molecule has 0 saturated carbocycles. The predicted octanol–water partition coefficient (Wildman–Crippen LogP) is -0.203. The minimum Gasteiger partial charge on any atom is -0.375 e. The van der Waals surface area contributed by atoms with E-state index in [0.29, 0.717) is 36.9 Å². The molecule has 3 rings (SSSR count). The summed E-state index contributed by atoms with van der Waals surface area (Å²) in [4.78, 5) is 31.5. The zero-order valence-electron chi connectivity index (χ0n) is 11.1. The maximum absolute atomic E-state index is 12.3. The van der Waals surface area contributed by atoms with Crippen molar-refractivity contribution in [2.45, 2.75) is 18.6 Å². The van der Waals surface area contributed by atoms with Gasteiger partial charge in [0.05, 0.1) is 25.2 Å². The molecule has 0 unspecified atom stereocenters. The number of anilines is 1. The summed E-state index contributed by atoms with van der Waals surface area (Å²) in [5, 5.41) is 2.03. The van der Waals surface area contributed by atoms with Gasteiger partial charge in [-0.15, -0.1) is 11.3 Å². The van der Waals surface area contributed by atoms with Crippen LogP contribution in [0.3, 0.4) is 0 Å². The molecule has 2 N–H and O–H groups in total. The Bertz CT molecular complexity index is 547. The number of ether oxygens (including phenoxy) is 1. The van der Waals surface area contributed by atoms with Gasteiger partial charge in [0.15, 0.2) is 5.13 Å². The quantitative estimate of drug-likeness (QED) is 0.775. The fraction of sp³-hybridized carbons (Fsp3) is 0.583. The molecule has 0 radical (unpaired) electrons. The smallest absolute Gasteiger partial charge is 0.273 e. The predicted molar refractivity (Wildman–Crippen MR) is 73.3 cm³/mol. The summed E-state index contributed by atoms with van der Waals surface area (Å²) in [6, 6.07) is -0.0788. The summed E-state index contributed by atoms with van der Waals surface area (Å²) < 4.78 is 5.69. The van der Waals surface area contributed by atoms with E-state index in [2.05, 4.69) is 4.98 Å². The van der Waals surface area contributed by atoms with Gasteiger partial charge in [-0.2, -0.15) is 0 Å². The molecule has 0 bridgehead atoms. The first-order chi connectivity index (χ1) is 9.56. The van der Waals surface area contributed by atoms with Crippen molar-refractivity contribution in [3.63, 3.8) is 0 Å². The first-order valence-corrected chi connectivity index (χ1v) is 7.32. The highest BCUT2D eigenvalue weighted by Crippen LogP contribution is 2.24. The molecule has 108 valence electrons. The van der Waals surface area contributed by atoms with Gasteiger partial charge in [-0.3, -0.25) is 9.59 Å². The minimum absolute atomic E-state index is 0.0599. The Hall–Kier alpha value is -1.67. The van der Waals surface area contributed by atoms with Gasteiger partial charge in [0, 0.05) is 25.5 Å². The zero-order chi connectivity index (χ0) is 14.3. The van der Waals surface area contributed by atoms with E-state index < -0.39 is 0 Å². The van der Waals surface area contributed by atoms with E-state index in [0.717, 1.165) is 0 Å². The number of rotatable bonds is 1. The van der Waals surface area contributed by atoms with Crippen LogP contribution in [0.2, 0.25) is 0 Å². The van der Waals surface area contributed by atoms with Gasteiger partial charge < -0.3 is 20.3 Å². The molecule has 2 aliphatic rings. The van der Waals surface area contributed by atoms with Crippen LogP contribution in [0.4, 0.5) is 5.13 Å². The van der Waals surface area contributed by atoms with Crippen molar-refractivity contribution in [1.82, 2.24) is 14.8 Å². The summed E-state index contributed by atoms with van der Waals surface area (Å²) in [6.07, 6.45) is 0.284. The Kier molecular flexibility index (Phi) is 3.35. The molecule has 7 nitrogen and oxygen atoms in total. The van der Waals surface area contributed by atoms with Crippen molar-refractivity contribution < 1.29 is 14.3 Å². The minimum atomic E-state index is -0.157. The molecule has 2 fully saturated rings. The molecule has 2 aliphatic heterocycles. The van der Waals surface area contributed by atoms with E-state index in [1.54, 1.807) is 22.2 Å². The normalized spacial score (nSPS) is 26.6. The van der Waals surface area contributed by atoms with E-state index in [4.69, 9.17) is 10.5 Å². The third-order valence-corrected chi connectivity index (χ3v) is 4.48. The number of nitrogen functional groups attached to an aromatic ring is 1. The van der Waals surface area contributed by atoms with E-state index in [1.807, 2.05) is 0 Å². The largest absolute Gasteiger partial charge is 0.375 e. The number of thiazole rings is 1. The van der Waals surface area contributed by atoms with Crippen LogP contribution in [0.15, 0.2) is 5.38 Å². The molecule has 20 heavy (non-hydrogen) atoms. The van der Waals surface area contributed by atoms with Gasteiger partial charge in [0.1, 0.15) is 5.69 Å². The molecule has 8 heteroatoms. The third-order valence-electron chi connectivity index (χ3n) is 3.80. The second-order valence-corrected chi connectivity index (χ2v) is 5.90. The number of aromatic nitrogens is 1. The Morgan fingerprint density at radius 2 is 2.35 bits per heavy atom. The number of hydrogen-bond acceptors (Lipinski definition) is 6. The summed E-state index contributed by atoms with van der Waals surface area (Å²) in [5.41, 5.74) is 5.91. The van der Waals surface area contributed by atoms with Crippen molar-refractivity contribution in [3.8, 4) is 0 Å². The summed E-state index contributed by atoms with van der Waals surface area (Å²) >= 11 is 1.24. The van der Waals surface area contributed by atoms with Gasteiger partial charge >= 0.3 is 0 Å². The van der Waals surface area contributed by atoms with Crippen molar-refractivity contribution in [2.75, 3.05) is 32.5 Å². The number of fused-ring (bicyclic) bond motifs is 1. The lowest BCUT2D eigenvalue weighted by Crippen LogP contribution is -2.43. The number of amides is 2. The maximum Gasteiger partial charge on any atom is 0.273 e. The number of likely N-dealkylation sites (N-methyl/N-ethyl adjacent to an activating group) is 1. The molecule has 1 aromatic heterocycles. The van der Waals surface area contributed by atoms with Crippen LogP contribution in [0.5, 0.6) is 0 Å². The molecule has 2 atom stereocenters. The highest BCUT2D eigenvalue weighted by molar-refractivity contribution is 7.13. The van der Waals surface area contributed by atoms with Gasteiger partial charge in [-0.05, 0) is 0 Å². The Morgan fingerprint density at radius 3 is 3.05 bits per heavy atom. The number of carbonyl (C=O) groups is 2. The number of likely N-dealkylation sites (tertiary alicyclic amines) is 1. The van der Waals surface area contributed by atoms with Crippen LogP contribution >= 0.6 is 11.3 Å². The Labute approximate surface area is 120 Å². The number of nitrogens with two attached hydrogens (primary N) is 1. The van der Waals surface area contributed by atoms with E-state index in [-0.39, 0.29) is 24.0 Å². The molecule has 0 aromatic carbocycles. The second-order valence-electron chi connectivity index (χ2n) is 5.01. The van der Waals surface area contributed by atoms with Gasteiger partial charge in [-0.1, -0.05) is 0 Å². The maximum atomic E-state index is 12.3. The van der Waals surface area contributed by atoms with E-state index in [1.165, 1.54) is 11.3 Å². The lowest BCUT2D eigenvalue weighted by Gasteiger charge is -2.24. The monoisotopic (exact) mass is 296 g/mol. The number of nitrogens with zero attached hydrogens (tertiary/aromatic N) is 3. The molecular weight excluding hydrogens is 280 g/mol. The Balaban J connectivity index is 1.75. The fourth-order valence-corrected chi connectivity index (χ4v) is 3.20. The highest BCUT2D eigenvalue weighted by atomic mass is 32.1. The van der Waals surface area contributed by atoms with Crippen molar-refractivity contribution >= 4 is 28.3 Å². The molecule has 1 aromatic rings. The number of hydrogen-bond donors (Lipinski definition) is 1. The SMILES string of the molecule is CN1C(=O)CCO[C@H]2CN(C(=O)c3csc(N)n3)C[C@@H]21. The van der Waals surface area contributed by atoms with Crippen LogP contribution < -0.4 is 5.73 Å². The molecule has 0 aliphatic carbocycles. The van der Waals surface area contributed by atoms with Crippen molar-refractivity contribution in [1.29, 1.82) is 0 Å². The lowest BCUT2D eigenvalue weighted by atomic mass is 10.2. The molecule has 2 saturated heterocycles. The summed E-state index contributed by atoms with van der Waals surface area (Å²) in [6.45, 7) is 1.37. The van der Waals surface area contributed by atoms with E-state index >= 15 is 0 Å². The van der Waals surface area contributed by atoms with Crippen LogP contribution in [0, 0.1) is 0 Å². The van der Waals surface area contributed by atoms with Crippen LogP contribution in [-0.2, 0) is 9.53 Å². The third kappa shape index (κ3) is 2.25. The Morgan fingerprint density at radius 1 is 1.55 bits per heavy atom. The average molecular weight is 296 g/mol. The number of carbonyl (C=O) groups excluding carboxylic acids is 2. The molecule has 2 amide bonds. The van der Waals surface area contributed by atoms with Crippen LogP contribution in [0.25, 0.3) is 0 Å². The van der Waals surface area contributed by atoms with Crippen LogP contribution in [0.1, 0.15) is 16.9 Å². The highest BCUT2D eigenvalue weighted by Gasteiger charge is 2.41. The molecular formula is C12H16N4O3S. The molecule has 0 spiro atoms. The first-order valence-electron chi connectivity index (χ1n) is 6.44. The summed E-state index contributed by atoms with van der Waals surface area (Å²) in [7, 11) is 1.77. The average Bonchev–Trinajstić information content (AvgIpc) is 3.01. The topological polar surface area (TPSA) is 88.8 Å². The van der Waals surface area contributed by atoms with Crippen molar-refractivity contribution in [2.24, 2.45) is 0 Å². The summed E-state index contributed by atoms with van der Waals surface area (Å²) in [5.74, 6) is -0.0971. The first kappa shape index (κ1) is 13.3. The standard InChI is InChI=1S/C12H16N4O3S/c1-15-8-4-16(5-9(8)19-3-2-10(15)17)11(18)7-6-20-12(13)14-7/h6,8-9H,2-5H2,1H3,(H2,13,14)/t8-,9-/m0/s1. The lowest BCUT2D eigenvalue weighted by molar-refractivity contribution is -0.131. The van der Waals surface area contributed by atoms with Gasteiger partial charge in [-0.25, -0.2) is 4.98 Å². The van der Waals surface area contributed by atoms with Gasteiger partial charge in [0.25, 0.3) is 5.91 Å². The van der Waals surface area contributed by atoms with E-state index in [9.17, 15) is 9.59 Å².